The van der Waals surface area contributed by atoms with E-state index in [0.29, 0.717) is 10.1 Å². The molecule has 0 aromatic heterocycles. The van der Waals surface area contributed by atoms with Crippen LogP contribution in [-0.2, 0) is 9.84 Å². The fourth-order valence-electron chi connectivity index (χ4n) is 3.05. The summed E-state index contributed by atoms with van der Waals surface area (Å²) in [7, 11) is -2.99. The summed E-state index contributed by atoms with van der Waals surface area (Å²) in [4.78, 5) is 3.98. The molecule has 2 aliphatic heterocycles. The summed E-state index contributed by atoms with van der Waals surface area (Å²) in [5.41, 5.74) is 0.905. The highest BCUT2D eigenvalue weighted by atomic mass is 35.5. The lowest BCUT2D eigenvalue weighted by Crippen LogP contribution is -2.37. The largest absolute Gasteiger partial charge is 0.343 e. The summed E-state index contributed by atoms with van der Waals surface area (Å²) in [6.45, 7) is 2.72. The van der Waals surface area contributed by atoms with Crippen molar-refractivity contribution in [2.75, 3.05) is 23.0 Å². The van der Waals surface area contributed by atoms with Crippen molar-refractivity contribution in [3.63, 3.8) is 0 Å². The number of anilines is 1. The first kappa shape index (κ1) is 14.1. The molecule has 0 bridgehead atoms. The van der Waals surface area contributed by atoms with Gasteiger partial charge >= 0.3 is 0 Å². The summed E-state index contributed by atoms with van der Waals surface area (Å²) < 4.78 is 23.9. The topological polar surface area (TPSA) is 40.6 Å². The van der Waals surface area contributed by atoms with E-state index >= 15 is 0 Å². The molecule has 0 aliphatic carbocycles. The predicted octanol–water partition coefficient (Wildman–Crippen LogP) is 1.93. The van der Waals surface area contributed by atoms with E-state index in [2.05, 4.69) is 0 Å². The lowest BCUT2D eigenvalue weighted by molar-refractivity contribution is 0.373. The number of fused-ring (bicyclic) bond motifs is 1. The zero-order valence-corrected chi connectivity index (χ0v) is 13.4. The molecule has 0 N–H and O–H groups in total. The standard InChI is InChI=1S/C13H15ClN2O2S2/c1-2-15-11-7-20(17,18)8-12(11)16(13(15)19)10-5-3-9(14)4-6-10/h3-6,11-12H,2,7-8H2,1H3. The van der Waals surface area contributed by atoms with Crippen LogP contribution in [-0.4, -0.2) is 48.6 Å². The zero-order valence-electron chi connectivity index (χ0n) is 11.0. The highest BCUT2D eigenvalue weighted by Crippen LogP contribution is 2.35. The summed E-state index contributed by atoms with van der Waals surface area (Å²) in [5.74, 6) is 0.354. The van der Waals surface area contributed by atoms with E-state index in [4.69, 9.17) is 23.8 Å². The first-order chi connectivity index (χ1) is 9.43. The molecule has 2 atom stereocenters. The number of halogens is 1. The molecule has 0 saturated carbocycles. The highest BCUT2D eigenvalue weighted by Gasteiger charge is 2.51. The van der Waals surface area contributed by atoms with Crippen LogP contribution in [0.2, 0.25) is 5.02 Å². The van der Waals surface area contributed by atoms with Crippen molar-refractivity contribution in [1.29, 1.82) is 0 Å². The van der Waals surface area contributed by atoms with E-state index in [0.717, 1.165) is 12.2 Å². The Hall–Kier alpha value is -0.850. The maximum Gasteiger partial charge on any atom is 0.176 e. The number of nitrogens with zero attached hydrogens (tertiary/aromatic N) is 2. The number of hydrogen-bond donors (Lipinski definition) is 0. The molecule has 3 rings (SSSR count). The molecule has 0 spiro atoms. The maximum absolute atomic E-state index is 11.9. The van der Waals surface area contributed by atoms with Gasteiger partial charge in [0.1, 0.15) is 0 Å². The van der Waals surface area contributed by atoms with Crippen molar-refractivity contribution in [2.24, 2.45) is 0 Å². The molecule has 2 aliphatic rings. The molecule has 1 aromatic rings. The lowest BCUT2D eigenvalue weighted by atomic mass is 10.1. The molecule has 108 valence electrons. The second-order valence-electron chi connectivity index (χ2n) is 5.13. The van der Waals surface area contributed by atoms with Crippen LogP contribution in [0.1, 0.15) is 6.92 Å². The van der Waals surface area contributed by atoms with Gasteiger partial charge in [0.05, 0.1) is 23.6 Å². The van der Waals surface area contributed by atoms with Crippen molar-refractivity contribution in [3.05, 3.63) is 29.3 Å². The second-order valence-corrected chi connectivity index (χ2v) is 8.08. The normalized spacial score (nSPS) is 28.0. The van der Waals surface area contributed by atoms with Crippen molar-refractivity contribution in [3.8, 4) is 0 Å². The molecule has 2 heterocycles. The van der Waals surface area contributed by atoms with Crippen LogP contribution >= 0.6 is 23.8 Å². The molecule has 7 heteroatoms. The highest BCUT2D eigenvalue weighted by molar-refractivity contribution is 7.91. The van der Waals surface area contributed by atoms with Crippen molar-refractivity contribution in [2.45, 2.75) is 19.0 Å². The molecule has 2 unspecified atom stereocenters. The van der Waals surface area contributed by atoms with E-state index in [1.54, 1.807) is 12.1 Å². The third kappa shape index (κ3) is 2.19. The number of sulfone groups is 1. The third-order valence-electron chi connectivity index (χ3n) is 3.92. The van der Waals surface area contributed by atoms with E-state index in [1.165, 1.54) is 0 Å². The summed E-state index contributed by atoms with van der Waals surface area (Å²) in [6.07, 6.45) is 0. The van der Waals surface area contributed by atoms with Gasteiger partial charge in [-0.15, -0.1) is 0 Å². The smallest absolute Gasteiger partial charge is 0.176 e. The molecule has 20 heavy (non-hydrogen) atoms. The number of rotatable bonds is 2. The van der Waals surface area contributed by atoms with Crippen LogP contribution in [0.15, 0.2) is 24.3 Å². The predicted molar refractivity (Wildman–Crippen MR) is 85.1 cm³/mol. The Morgan fingerprint density at radius 1 is 1.25 bits per heavy atom. The van der Waals surface area contributed by atoms with Gasteiger partial charge in [-0.3, -0.25) is 0 Å². The first-order valence-corrected chi connectivity index (χ1v) is 9.09. The number of likely N-dealkylation sites (N-methyl/N-ethyl adjacent to an activating group) is 1. The lowest BCUT2D eigenvalue weighted by Gasteiger charge is -2.24. The van der Waals surface area contributed by atoms with Gasteiger partial charge in [-0.2, -0.15) is 0 Å². The van der Waals surface area contributed by atoms with Crippen LogP contribution in [0.25, 0.3) is 0 Å². The summed E-state index contributed by atoms with van der Waals surface area (Å²) in [6, 6.07) is 7.24. The Morgan fingerprint density at radius 3 is 2.45 bits per heavy atom. The molecule has 0 radical (unpaired) electrons. The summed E-state index contributed by atoms with van der Waals surface area (Å²) >= 11 is 11.4. The van der Waals surface area contributed by atoms with Gasteiger partial charge in [-0.1, -0.05) is 11.6 Å². The quantitative estimate of drug-likeness (QED) is 0.775. The van der Waals surface area contributed by atoms with E-state index in [-0.39, 0.29) is 23.6 Å². The van der Waals surface area contributed by atoms with Crippen LogP contribution in [0.3, 0.4) is 0 Å². The number of thiocarbonyl (C=S) groups is 1. The maximum atomic E-state index is 11.9. The van der Waals surface area contributed by atoms with Gasteiger partial charge in [0.25, 0.3) is 0 Å². The van der Waals surface area contributed by atoms with Gasteiger partial charge in [0, 0.05) is 17.3 Å². The minimum Gasteiger partial charge on any atom is -0.343 e. The Balaban J connectivity index is 2.01. The number of benzene rings is 1. The minimum atomic E-state index is -2.99. The molecule has 2 saturated heterocycles. The van der Waals surface area contributed by atoms with E-state index in [9.17, 15) is 8.42 Å². The van der Waals surface area contributed by atoms with Gasteiger partial charge in [-0.05, 0) is 43.4 Å². The van der Waals surface area contributed by atoms with Gasteiger partial charge in [0.15, 0.2) is 14.9 Å². The fourth-order valence-corrected chi connectivity index (χ4v) is 5.63. The van der Waals surface area contributed by atoms with Crippen LogP contribution in [0.5, 0.6) is 0 Å². The van der Waals surface area contributed by atoms with Gasteiger partial charge in [-0.25, -0.2) is 8.42 Å². The van der Waals surface area contributed by atoms with Crippen molar-refractivity contribution in [1.82, 2.24) is 4.90 Å². The molecular formula is C13H15ClN2O2S2. The van der Waals surface area contributed by atoms with Crippen molar-refractivity contribution >= 4 is 44.5 Å². The Bertz CT molecular complexity index is 645. The Kier molecular flexibility index (Phi) is 3.43. The second kappa shape index (κ2) is 4.86. The zero-order chi connectivity index (χ0) is 14.5. The third-order valence-corrected chi connectivity index (χ3v) is 6.30. The summed E-state index contributed by atoms with van der Waals surface area (Å²) in [5, 5.41) is 1.36. The van der Waals surface area contributed by atoms with Gasteiger partial charge < -0.3 is 9.80 Å². The van der Waals surface area contributed by atoms with Crippen LogP contribution in [0.4, 0.5) is 5.69 Å². The monoisotopic (exact) mass is 330 g/mol. The fraction of sp³-hybridized carbons (Fsp3) is 0.462. The average molecular weight is 331 g/mol. The molecule has 0 amide bonds. The Morgan fingerprint density at radius 2 is 1.85 bits per heavy atom. The number of hydrogen-bond acceptors (Lipinski definition) is 3. The van der Waals surface area contributed by atoms with Crippen LogP contribution < -0.4 is 4.90 Å². The van der Waals surface area contributed by atoms with E-state index < -0.39 is 9.84 Å². The molecular weight excluding hydrogens is 316 g/mol. The Labute approximate surface area is 129 Å². The molecule has 2 fully saturated rings. The minimum absolute atomic E-state index is 0.0341. The SMILES string of the molecule is CCN1C(=S)N(c2ccc(Cl)cc2)C2CS(=O)(=O)CC21. The van der Waals surface area contributed by atoms with Gasteiger partial charge in [0.2, 0.25) is 0 Å². The van der Waals surface area contributed by atoms with Crippen molar-refractivity contribution < 1.29 is 8.42 Å². The van der Waals surface area contributed by atoms with E-state index in [1.807, 2.05) is 28.9 Å². The molecule has 1 aromatic carbocycles. The van der Waals surface area contributed by atoms with Crippen LogP contribution in [0, 0.1) is 0 Å². The average Bonchev–Trinajstić information content (AvgIpc) is 2.80. The first-order valence-electron chi connectivity index (χ1n) is 6.49. The molecule has 4 nitrogen and oxygen atoms in total.